The highest BCUT2D eigenvalue weighted by Crippen LogP contribution is 2.34. The first-order valence-electron chi connectivity index (χ1n) is 5.60. The summed E-state index contributed by atoms with van der Waals surface area (Å²) in [6, 6.07) is 2.76. The van der Waals surface area contributed by atoms with Crippen LogP contribution in [0.15, 0.2) is 18.2 Å². The number of methoxy groups -OCH3 is 1. The Morgan fingerprint density at radius 3 is 2.61 bits per heavy atom. The molecule has 0 spiro atoms. The summed E-state index contributed by atoms with van der Waals surface area (Å²) in [5.74, 6) is -3.06. The van der Waals surface area contributed by atoms with Gasteiger partial charge in [0.25, 0.3) is 0 Å². The number of carbonyl (C=O) groups is 1. The molecule has 0 heterocycles. The van der Waals surface area contributed by atoms with Gasteiger partial charge in [-0.25, -0.2) is 8.78 Å². The van der Waals surface area contributed by atoms with E-state index in [1.807, 2.05) is 0 Å². The number of carbonyl (C=O) groups excluding carboxylic acids is 1. The lowest BCUT2D eigenvalue weighted by Crippen LogP contribution is -2.38. The molecular formula is C13H16F2O3. The van der Waals surface area contributed by atoms with E-state index in [1.54, 1.807) is 6.92 Å². The van der Waals surface area contributed by atoms with Gasteiger partial charge in [0, 0.05) is 5.56 Å². The Bertz CT molecular complexity index is 444. The fourth-order valence-corrected chi connectivity index (χ4v) is 2.01. The van der Waals surface area contributed by atoms with Crippen LogP contribution in [0.25, 0.3) is 0 Å². The van der Waals surface area contributed by atoms with Gasteiger partial charge in [0.15, 0.2) is 0 Å². The molecule has 0 amide bonds. The molecule has 0 bridgehead atoms. The van der Waals surface area contributed by atoms with E-state index >= 15 is 0 Å². The van der Waals surface area contributed by atoms with Gasteiger partial charge in [-0.05, 0) is 31.5 Å². The van der Waals surface area contributed by atoms with Gasteiger partial charge in [-0.3, -0.25) is 4.79 Å². The number of hydrogen-bond donors (Lipinski definition) is 1. The minimum atomic E-state index is -1.83. The molecular weight excluding hydrogens is 242 g/mol. The number of benzene rings is 1. The van der Waals surface area contributed by atoms with Crippen LogP contribution in [0.5, 0.6) is 0 Å². The number of hydrogen-bond acceptors (Lipinski definition) is 3. The van der Waals surface area contributed by atoms with Crippen LogP contribution in [0.3, 0.4) is 0 Å². The molecule has 0 saturated carbocycles. The molecule has 1 N–H and O–H groups in total. The van der Waals surface area contributed by atoms with E-state index in [1.165, 1.54) is 14.0 Å². The summed E-state index contributed by atoms with van der Waals surface area (Å²) >= 11 is 0. The highest BCUT2D eigenvalue weighted by molar-refractivity contribution is 5.74. The maximum Gasteiger partial charge on any atom is 0.311 e. The second-order valence-electron chi connectivity index (χ2n) is 4.26. The lowest BCUT2D eigenvalue weighted by atomic mass is 9.81. The van der Waals surface area contributed by atoms with Crippen LogP contribution in [0, 0.1) is 17.6 Å². The summed E-state index contributed by atoms with van der Waals surface area (Å²) in [5, 5.41) is 10.3. The maximum absolute atomic E-state index is 13.7. The molecule has 0 aliphatic rings. The largest absolute Gasteiger partial charge is 0.469 e. The first kappa shape index (κ1) is 14.6. The number of aliphatic hydroxyl groups is 1. The Kier molecular flexibility index (Phi) is 4.40. The SMILES string of the molecule is CCC(C(=O)OC)C(C)(O)c1cc(F)ccc1F. The van der Waals surface area contributed by atoms with Crippen LogP contribution in [-0.2, 0) is 15.1 Å². The van der Waals surface area contributed by atoms with Gasteiger partial charge >= 0.3 is 5.97 Å². The van der Waals surface area contributed by atoms with E-state index < -0.39 is 29.1 Å². The Hall–Kier alpha value is -1.49. The third kappa shape index (κ3) is 2.67. The fraction of sp³-hybridized carbons (Fsp3) is 0.462. The van der Waals surface area contributed by atoms with E-state index in [2.05, 4.69) is 4.74 Å². The number of rotatable bonds is 4. The van der Waals surface area contributed by atoms with Crippen molar-refractivity contribution in [2.24, 2.45) is 5.92 Å². The molecule has 0 aromatic heterocycles. The quantitative estimate of drug-likeness (QED) is 0.843. The molecule has 5 heteroatoms. The maximum atomic E-state index is 13.7. The van der Waals surface area contributed by atoms with Crippen LogP contribution in [0.2, 0.25) is 0 Å². The second-order valence-corrected chi connectivity index (χ2v) is 4.26. The van der Waals surface area contributed by atoms with Crippen LogP contribution in [0.4, 0.5) is 8.78 Å². The smallest absolute Gasteiger partial charge is 0.311 e. The highest BCUT2D eigenvalue weighted by atomic mass is 19.1. The Balaban J connectivity index is 3.25. The van der Waals surface area contributed by atoms with E-state index in [-0.39, 0.29) is 12.0 Å². The van der Waals surface area contributed by atoms with Crippen molar-refractivity contribution < 1.29 is 23.4 Å². The topological polar surface area (TPSA) is 46.5 Å². The van der Waals surface area contributed by atoms with Crippen LogP contribution in [0.1, 0.15) is 25.8 Å². The Morgan fingerprint density at radius 2 is 2.11 bits per heavy atom. The summed E-state index contributed by atoms with van der Waals surface area (Å²) in [5.41, 5.74) is -2.08. The van der Waals surface area contributed by atoms with E-state index in [9.17, 15) is 18.7 Å². The van der Waals surface area contributed by atoms with Crippen molar-refractivity contribution in [2.75, 3.05) is 7.11 Å². The molecule has 0 aliphatic carbocycles. The van der Waals surface area contributed by atoms with Crippen molar-refractivity contribution in [3.05, 3.63) is 35.4 Å². The molecule has 0 fully saturated rings. The zero-order valence-corrected chi connectivity index (χ0v) is 10.5. The fourth-order valence-electron chi connectivity index (χ4n) is 2.01. The molecule has 0 saturated heterocycles. The van der Waals surface area contributed by atoms with Gasteiger partial charge in [0.05, 0.1) is 13.0 Å². The molecule has 3 nitrogen and oxygen atoms in total. The molecule has 100 valence electrons. The van der Waals surface area contributed by atoms with Crippen molar-refractivity contribution in [2.45, 2.75) is 25.9 Å². The van der Waals surface area contributed by atoms with Gasteiger partial charge in [-0.15, -0.1) is 0 Å². The highest BCUT2D eigenvalue weighted by Gasteiger charge is 2.40. The van der Waals surface area contributed by atoms with E-state index in [4.69, 9.17) is 0 Å². The predicted molar refractivity (Wildman–Crippen MR) is 61.7 cm³/mol. The molecule has 2 unspecified atom stereocenters. The third-order valence-electron chi connectivity index (χ3n) is 3.05. The van der Waals surface area contributed by atoms with Crippen LogP contribution < -0.4 is 0 Å². The molecule has 1 rings (SSSR count). The summed E-state index contributed by atoms with van der Waals surface area (Å²) < 4.78 is 31.4. The molecule has 0 aliphatic heterocycles. The van der Waals surface area contributed by atoms with Gasteiger partial charge in [-0.1, -0.05) is 6.92 Å². The average molecular weight is 258 g/mol. The third-order valence-corrected chi connectivity index (χ3v) is 3.05. The number of ether oxygens (including phenoxy) is 1. The van der Waals surface area contributed by atoms with E-state index in [0.29, 0.717) is 0 Å². The number of esters is 1. The summed E-state index contributed by atoms with van der Waals surface area (Å²) in [7, 11) is 1.18. The Labute approximate surface area is 104 Å². The lowest BCUT2D eigenvalue weighted by molar-refractivity contribution is -0.156. The lowest BCUT2D eigenvalue weighted by Gasteiger charge is -2.31. The van der Waals surface area contributed by atoms with E-state index in [0.717, 1.165) is 18.2 Å². The first-order valence-corrected chi connectivity index (χ1v) is 5.60. The van der Waals surface area contributed by atoms with Crippen molar-refractivity contribution >= 4 is 5.97 Å². The van der Waals surface area contributed by atoms with Crippen molar-refractivity contribution in [3.8, 4) is 0 Å². The van der Waals surface area contributed by atoms with Gasteiger partial charge < -0.3 is 9.84 Å². The number of halogens is 2. The van der Waals surface area contributed by atoms with Crippen molar-refractivity contribution in [3.63, 3.8) is 0 Å². The van der Waals surface area contributed by atoms with Crippen molar-refractivity contribution in [1.29, 1.82) is 0 Å². The summed E-state index contributed by atoms with van der Waals surface area (Å²) in [6.07, 6.45) is 0.246. The van der Waals surface area contributed by atoms with Crippen molar-refractivity contribution in [1.82, 2.24) is 0 Å². The molecule has 18 heavy (non-hydrogen) atoms. The van der Waals surface area contributed by atoms with Crippen LogP contribution >= 0.6 is 0 Å². The standard InChI is InChI=1S/C13H16F2O3/c1-4-9(12(16)18-3)13(2,17)10-7-8(14)5-6-11(10)15/h5-7,9,17H,4H2,1-3H3. The molecule has 2 atom stereocenters. The van der Waals surface area contributed by atoms with Gasteiger partial charge in [0.2, 0.25) is 0 Å². The summed E-state index contributed by atoms with van der Waals surface area (Å²) in [6.45, 7) is 2.93. The van der Waals surface area contributed by atoms with Crippen LogP contribution in [-0.4, -0.2) is 18.2 Å². The Morgan fingerprint density at radius 1 is 1.50 bits per heavy atom. The minimum Gasteiger partial charge on any atom is -0.469 e. The van der Waals surface area contributed by atoms with Gasteiger partial charge in [0.1, 0.15) is 17.2 Å². The zero-order chi connectivity index (χ0) is 13.9. The minimum absolute atomic E-state index is 0.246. The van der Waals surface area contributed by atoms with Gasteiger partial charge in [-0.2, -0.15) is 0 Å². The molecule has 0 radical (unpaired) electrons. The normalized spacial score (nSPS) is 15.9. The second kappa shape index (κ2) is 5.44. The monoisotopic (exact) mass is 258 g/mol. The average Bonchev–Trinajstić information content (AvgIpc) is 2.32. The molecule has 1 aromatic carbocycles. The predicted octanol–water partition coefficient (Wildman–Crippen LogP) is 2.37. The summed E-state index contributed by atoms with van der Waals surface area (Å²) in [4.78, 5) is 11.6. The first-order chi connectivity index (χ1) is 8.34. The molecule has 1 aromatic rings. The zero-order valence-electron chi connectivity index (χ0n) is 10.5.